The molecule has 0 radical (unpaired) electrons. The van der Waals surface area contributed by atoms with E-state index >= 15 is 0 Å². The Morgan fingerprint density at radius 1 is 1.00 bits per heavy atom. The molecule has 2 nitrogen and oxygen atoms in total. The Morgan fingerprint density at radius 2 is 1.56 bits per heavy atom. The van der Waals surface area contributed by atoms with Crippen molar-refractivity contribution >= 4 is 5.69 Å². The fraction of sp³-hybridized carbons (Fsp3) is 0.538. The van der Waals surface area contributed by atoms with Gasteiger partial charge in [-0.15, -0.1) is 0 Å². The molecule has 2 unspecified atom stereocenters. The van der Waals surface area contributed by atoms with Crippen molar-refractivity contribution < 1.29 is 4.39 Å². The molecule has 86 valence electrons. The highest BCUT2D eigenvalue weighted by atomic mass is 19.1. The lowest BCUT2D eigenvalue weighted by Gasteiger charge is -2.21. The summed E-state index contributed by atoms with van der Waals surface area (Å²) in [4.78, 5) is 4.80. The normalized spacial score (nSPS) is 29.8. The number of fused-ring (bicyclic) bond motifs is 1. The van der Waals surface area contributed by atoms with Crippen LogP contribution in [-0.2, 0) is 0 Å². The van der Waals surface area contributed by atoms with Gasteiger partial charge in [0.2, 0.25) is 0 Å². The first-order valence-electron chi connectivity index (χ1n) is 5.91. The summed E-state index contributed by atoms with van der Waals surface area (Å²) in [5.41, 5.74) is 1.17. The van der Waals surface area contributed by atoms with Crippen molar-refractivity contribution in [3.63, 3.8) is 0 Å². The molecule has 0 aliphatic carbocycles. The number of hydrogen-bond donors (Lipinski definition) is 0. The smallest absolute Gasteiger partial charge is 0.123 e. The lowest BCUT2D eigenvalue weighted by atomic mass is 10.0. The second kappa shape index (κ2) is 3.74. The van der Waals surface area contributed by atoms with Gasteiger partial charge in [0.05, 0.1) is 0 Å². The average molecular weight is 220 g/mol. The summed E-state index contributed by atoms with van der Waals surface area (Å²) in [6, 6.07) is 6.88. The first kappa shape index (κ1) is 10.1. The summed E-state index contributed by atoms with van der Waals surface area (Å²) in [5, 5.41) is 0. The highest BCUT2D eigenvalue weighted by Gasteiger charge is 2.38. The van der Waals surface area contributed by atoms with Gasteiger partial charge in [-0.05, 0) is 43.1 Å². The predicted molar refractivity (Wildman–Crippen MR) is 63.1 cm³/mol. The zero-order valence-electron chi connectivity index (χ0n) is 9.56. The van der Waals surface area contributed by atoms with E-state index in [0.29, 0.717) is 0 Å². The number of hydrogen-bond acceptors (Lipinski definition) is 2. The van der Waals surface area contributed by atoms with Gasteiger partial charge >= 0.3 is 0 Å². The monoisotopic (exact) mass is 220 g/mol. The van der Waals surface area contributed by atoms with Crippen LogP contribution in [0.3, 0.4) is 0 Å². The van der Waals surface area contributed by atoms with Crippen molar-refractivity contribution in [2.75, 3.05) is 38.1 Å². The Morgan fingerprint density at radius 3 is 2.12 bits per heavy atom. The van der Waals surface area contributed by atoms with Gasteiger partial charge in [0.25, 0.3) is 0 Å². The number of anilines is 1. The van der Waals surface area contributed by atoms with E-state index in [2.05, 4.69) is 16.8 Å². The molecule has 0 aromatic heterocycles. The van der Waals surface area contributed by atoms with E-state index in [4.69, 9.17) is 0 Å². The largest absolute Gasteiger partial charge is 0.371 e. The third-order valence-corrected chi connectivity index (χ3v) is 3.86. The van der Waals surface area contributed by atoms with Gasteiger partial charge in [0.15, 0.2) is 0 Å². The standard InChI is InChI=1S/C13H17FN2/c1-15-6-10-8-16(9-11(10)7-15)13-4-2-12(14)3-5-13/h2-5,10-11H,6-9H2,1H3. The van der Waals surface area contributed by atoms with Crippen LogP contribution in [-0.4, -0.2) is 38.1 Å². The van der Waals surface area contributed by atoms with Crippen LogP contribution in [0.1, 0.15) is 0 Å². The summed E-state index contributed by atoms with van der Waals surface area (Å²) < 4.78 is 12.8. The van der Waals surface area contributed by atoms with Crippen LogP contribution in [0.15, 0.2) is 24.3 Å². The first-order valence-corrected chi connectivity index (χ1v) is 5.91. The highest BCUT2D eigenvalue weighted by molar-refractivity contribution is 5.47. The summed E-state index contributed by atoms with van der Waals surface area (Å²) in [6.45, 7) is 4.67. The van der Waals surface area contributed by atoms with Crippen LogP contribution in [0.25, 0.3) is 0 Å². The van der Waals surface area contributed by atoms with Gasteiger partial charge in [-0.25, -0.2) is 4.39 Å². The number of rotatable bonds is 1. The van der Waals surface area contributed by atoms with E-state index in [-0.39, 0.29) is 5.82 Å². The summed E-state index contributed by atoms with van der Waals surface area (Å²) in [6.07, 6.45) is 0. The van der Waals surface area contributed by atoms with E-state index in [9.17, 15) is 4.39 Å². The third-order valence-electron chi connectivity index (χ3n) is 3.86. The van der Waals surface area contributed by atoms with Gasteiger partial charge in [-0.2, -0.15) is 0 Å². The van der Waals surface area contributed by atoms with Crippen molar-refractivity contribution in [1.29, 1.82) is 0 Å². The quantitative estimate of drug-likeness (QED) is 0.712. The molecule has 2 atom stereocenters. The minimum Gasteiger partial charge on any atom is -0.371 e. The van der Waals surface area contributed by atoms with Gasteiger partial charge in [0.1, 0.15) is 5.82 Å². The van der Waals surface area contributed by atoms with Crippen molar-refractivity contribution in [3.05, 3.63) is 30.1 Å². The molecule has 2 saturated heterocycles. The number of benzene rings is 1. The molecule has 16 heavy (non-hydrogen) atoms. The van der Waals surface area contributed by atoms with Crippen LogP contribution < -0.4 is 4.90 Å². The van der Waals surface area contributed by atoms with Gasteiger partial charge in [-0.3, -0.25) is 0 Å². The van der Waals surface area contributed by atoms with Gasteiger partial charge < -0.3 is 9.80 Å². The fourth-order valence-electron chi connectivity index (χ4n) is 3.09. The molecule has 2 heterocycles. The second-order valence-electron chi connectivity index (χ2n) is 5.12. The van der Waals surface area contributed by atoms with E-state index in [1.54, 1.807) is 12.1 Å². The molecule has 0 N–H and O–H groups in total. The molecule has 3 rings (SSSR count). The summed E-state index contributed by atoms with van der Waals surface area (Å²) >= 11 is 0. The Labute approximate surface area is 95.7 Å². The van der Waals surface area contributed by atoms with Gasteiger partial charge in [0, 0.05) is 31.9 Å². The van der Waals surface area contributed by atoms with Crippen LogP contribution in [0.4, 0.5) is 10.1 Å². The minimum absolute atomic E-state index is 0.150. The molecule has 0 amide bonds. The Balaban J connectivity index is 1.73. The lowest BCUT2D eigenvalue weighted by Crippen LogP contribution is -2.26. The first-order chi connectivity index (χ1) is 7.72. The molecule has 0 bridgehead atoms. The molecule has 3 heteroatoms. The minimum atomic E-state index is -0.150. The molecule has 1 aromatic carbocycles. The van der Waals surface area contributed by atoms with Crippen LogP contribution in [0, 0.1) is 17.7 Å². The van der Waals surface area contributed by atoms with E-state index in [1.165, 1.54) is 18.8 Å². The zero-order valence-corrected chi connectivity index (χ0v) is 9.56. The average Bonchev–Trinajstić information content (AvgIpc) is 2.75. The maximum Gasteiger partial charge on any atom is 0.123 e. The molecule has 2 aliphatic heterocycles. The van der Waals surface area contributed by atoms with Crippen LogP contribution >= 0.6 is 0 Å². The lowest BCUT2D eigenvalue weighted by molar-refractivity contribution is 0.387. The van der Waals surface area contributed by atoms with E-state index in [1.807, 2.05) is 12.1 Å². The Hall–Kier alpha value is -1.09. The maximum absolute atomic E-state index is 12.8. The number of likely N-dealkylation sites (tertiary alicyclic amines) is 1. The van der Waals surface area contributed by atoms with E-state index in [0.717, 1.165) is 24.9 Å². The molecule has 0 saturated carbocycles. The van der Waals surface area contributed by atoms with Crippen LogP contribution in [0.5, 0.6) is 0 Å². The third kappa shape index (κ3) is 1.69. The Kier molecular flexibility index (Phi) is 2.36. The SMILES string of the molecule is CN1CC2CN(c3ccc(F)cc3)CC2C1. The second-order valence-corrected chi connectivity index (χ2v) is 5.12. The molecule has 2 aliphatic rings. The van der Waals surface area contributed by atoms with Crippen LogP contribution in [0.2, 0.25) is 0 Å². The molecule has 0 spiro atoms. The van der Waals surface area contributed by atoms with Crippen molar-refractivity contribution in [1.82, 2.24) is 4.90 Å². The highest BCUT2D eigenvalue weighted by Crippen LogP contribution is 2.33. The molecular formula is C13H17FN2. The topological polar surface area (TPSA) is 6.48 Å². The Bertz CT molecular complexity index is 362. The zero-order chi connectivity index (χ0) is 11.1. The summed E-state index contributed by atoms with van der Waals surface area (Å²) in [7, 11) is 2.19. The van der Waals surface area contributed by atoms with Gasteiger partial charge in [-0.1, -0.05) is 0 Å². The molecular weight excluding hydrogens is 203 g/mol. The fourth-order valence-corrected chi connectivity index (χ4v) is 3.09. The summed E-state index contributed by atoms with van der Waals surface area (Å²) in [5.74, 6) is 1.45. The van der Waals surface area contributed by atoms with E-state index < -0.39 is 0 Å². The van der Waals surface area contributed by atoms with Crippen molar-refractivity contribution in [2.24, 2.45) is 11.8 Å². The van der Waals surface area contributed by atoms with Crippen molar-refractivity contribution in [3.8, 4) is 0 Å². The van der Waals surface area contributed by atoms with Crippen molar-refractivity contribution in [2.45, 2.75) is 0 Å². The molecule has 1 aromatic rings. The molecule has 2 fully saturated rings. The number of halogens is 1. The maximum atomic E-state index is 12.8. The number of nitrogens with zero attached hydrogens (tertiary/aromatic N) is 2. The predicted octanol–water partition coefficient (Wildman–Crippen LogP) is 1.82.